The van der Waals surface area contributed by atoms with Gasteiger partial charge in [-0.3, -0.25) is 0 Å². The van der Waals surface area contributed by atoms with E-state index >= 15 is 0 Å². The fourth-order valence-corrected chi connectivity index (χ4v) is 2.01. The molecular formula is C16H15N3O2. The Morgan fingerprint density at radius 3 is 2.95 bits per heavy atom. The molecule has 21 heavy (non-hydrogen) atoms. The second-order valence-corrected chi connectivity index (χ2v) is 4.66. The van der Waals surface area contributed by atoms with E-state index in [0.717, 1.165) is 22.4 Å². The lowest BCUT2D eigenvalue weighted by Crippen LogP contribution is -1.90. The first-order valence-corrected chi connectivity index (χ1v) is 6.52. The van der Waals surface area contributed by atoms with Crippen LogP contribution in [0.4, 0.5) is 0 Å². The molecule has 5 heteroatoms. The van der Waals surface area contributed by atoms with Crippen LogP contribution in [0.15, 0.2) is 47.5 Å². The average Bonchev–Trinajstić information content (AvgIpc) is 3.15. The highest BCUT2D eigenvalue weighted by Gasteiger charge is 2.06. The molecule has 106 valence electrons. The molecule has 0 aliphatic rings. The van der Waals surface area contributed by atoms with Crippen LogP contribution < -0.4 is 4.74 Å². The van der Waals surface area contributed by atoms with Gasteiger partial charge < -0.3 is 9.15 Å². The first kappa shape index (κ1) is 13.2. The number of methoxy groups -OCH3 is 1. The molecule has 2 aromatic heterocycles. The third-order valence-electron chi connectivity index (χ3n) is 3.02. The molecule has 0 saturated carbocycles. The van der Waals surface area contributed by atoms with Gasteiger partial charge in [0.05, 0.1) is 19.6 Å². The number of aromatic nitrogens is 3. The molecular weight excluding hydrogens is 266 g/mol. The van der Waals surface area contributed by atoms with Gasteiger partial charge in [0.15, 0.2) is 5.82 Å². The molecule has 0 atom stereocenters. The van der Waals surface area contributed by atoms with Gasteiger partial charge >= 0.3 is 0 Å². The van der Waals surface area contributed by atoms with Gasteiger partial charge in [0.1, 0.15) is 12.1 Å². The smallest absolute Gasteiger partial charge is 0.181 e. The predicted octanol–water partition coefficient (Wildman–Crippen LogP) is 3.48. The van der Waals surface area contributed by atoms with Crippen LogP contribution in [-0.4, -0.2) is 21.9 Å². The Labute approximate surface area is 122 Å². The van der Waals surface area contributed by atoms with Crippen LogP contribution in [-0.2, 0) is 0 Å². The number of benzene rings is 1. The highest BCUT2D eigenvalue weighted by molar-refractivity contribution is 5.61. The van der Waals surface area contributed by atoms with Crippen molar-refractivity contribution in [2.24, 2.45) is 0 Å². The molecule has 0 fully saturated rings. The number of hydrogen-bond acceptors (Lipinski definition) is 4. The van der Waals surface area contributed by atoms with Gasteiger partial charge in [0.2, 0.25) is 0 Å². The maximum atomic E-state index is 5.27. The first-order valence-electron chi connectivity index (χ1n) is 6.52. The van der Waals surface area contributed by atoms with Crippen LogP contribution in [0.2, 0.25) is 0 Å². The standard InChI is InChI=1S/C16H15N3O2/c1-12-7-14(9-15(8-12)20-2)16-17-11-19(18-16)5-3-13-4-6-21-10-13/h3-11H,1-2H3/b5-3-. The van der Waals surface area contributed by atoms with Crippen LogP contribution in [0, 0.1) is 6.92 Å². The number of rotatable bonds is 4. The summed E-state index contributed by atoms with van der Waals surface area (Å²) >= 11 is 0. The molecule has 0 unspecified atom stereocenters. The SMILES string of the molecule is COc1cc(C)cc(-c2ncn(/C=C\c3ccoc3)n2)c1. The molecule has 5 nitrogen and oxygen atoms in total. The number of aryl methyl sites for hydroxylation is 1. The predicted molar refractivity (Wildman–Crippen MR) is 80.7 cm³/mol. The van der Waals surface area contributed by atoms with Crippen LogP contribution in [0.3, 0.4) is 0 Å². The Bertz CT molecular complexity index is 758. The Kier molecular flexibility index (Phi) is 3.55. The zero-order chi connectivity index (χ0) is 14.7. The van der Waals surface area contributed by atoms with Crippen LogP contribution in [0.1, 0.15) is 11.1 Å². The fraction of sp³-hybridized carbons (Fsp3) is 0.125. The van der Waals surface area contributed by atoms with Crippen LogP contribution in [0.5, 0.6) is 5.75 Å². The first-order chi connectivity index (χ1) is 10.2. The Hall–Kier alpha value is -2.82. The lowest BCUT2D eigenvalue weighted by molar-refractivity contribution is 0.414. The van der Waals surface area contributed by atoms with Crippen molar-refractivity contribution >= 4 is 12.3 Å². The van der Waals surface area contributed by atoms with Gasteiger partial charge in [-0.2, -0.15) is 0 Å². The summed E-state index contributed by atoms with van der Waals surface area (Å²) in [4.78, 5) is 4.32. The maximum Gasteiger partial charge on any atom is 0.181 e. The Morgan fingerprint density at radius 1 is 1.29 bits per heavy atom. The largest absolute Gasteiger partial charge is 0.497 e. The summed E-state index contributed by atoms with van der Waals surface area (Å²) in [5.41, 5.74) is 3.02. The highest BCUT2D eigenvalue weighted by Crippen LogP contribution is 2.23. The minimum Gasteiger partial charge on any atom is -0.497 e. The van der Waals surface area contributed by atoms with Crippen molar-refractivity contribution < 1.29 is 9.15 Å². The normalized spacial score (nSPS) is 11.1. The fourth-order valence-electron chi connectivity index (χ4n) is 2.01. The molecule has 0 radical (unpaired) electrons. The molecule has 0 N–H and O–H groups in total. The van der Waals surface area contributed by atoms with E-state index in [1.54, 1.807) is 30.6 Å². The quantitative estimate of drug-likeness (QED) is 0.734. The van der Waals surface area contributed by atoms with Gasteiger partial charge in [0.25, 0.3) is 0 Å². The molecule has 0 aliphatic heterocycles. The summed E-state index contributed by atoms with van der Waals surface area (Å²) in [5.74, 6) is 1.46. The van der Waals surface area contributed by atoms with Crippen molar-refractivity contribution in [3.8, 4) is 17.1 Å². The van der Waals surface area contributed by atoms with Crippen molar-refractivity contribution in [2.75, 3.05) is 7.11 Å². The van der Waals surface area contributed by atoms with Crippen LogP contribution >= 0.6 is 0 Å². The molecule has 0 amide bonds. The lowest BCUT2D eigenvalue weighted by Gasteiger charge is -2.03. The molecule has 0 bridgehead atoms. The van der Waals surface area contributed by atoms with Crippen LogP contribution in [0.25, 0.3) is 23.7 Å². The van der Waals surface area contributed by atoms with Gasteiger partial charge in [-0.25, -0.2) is 9.67 Å². The topological polar surface area (TPSA) is 53.1 Å². The molecule has 0 spiro atoms. The number of hydrogen-bond donors (Lipinski definition) is 0. The third-order valence-corrected chi connectivity index (χ3v) is 3.02. The summed E-state index contributed by atoms with van der Waals surface area (Å²) in [7, 11) is 1.65. The molecule has 3 aromatic rings. The number of nitrogens with zero attached hydrogens (tertiary/aromatic N) is 3. The monoisotopic (exact) mass is 281 g/mol. The average molecular weight is 281 g/mol. The Morgan fingerprint density at radius 2 is 2.19 bits per heavy atom. The summed E-state index contributed by atoms with van der Waals surface area (Å²) in [6.07, 6.45) is 8.69. The third kappa shape index (κ3) is 3.02. The highest BCUT2D eigenvalue weighted by atomic mass is 16.5. The Balaban J connectivity index is 1.86. The van der Waals surface area contributed by atoms with Gasteiger partial charge in [-0.05, 0) is 42.8 Å². The van der Waals surface area contributed by atoms with E-state index in [1.165, 1.54) is 0 Å². The van der Waals surface area contributed by atoms with Crippen molar-refractivity contribution in [1.29, 1.82) is 0 Å². The van der Waals surface area contributed by atoms with Gasteiger partial charge in [-0.15, -0.1) is 5.10 Å². The number of ether oxygens (including phenoxy) is 1. The summed E-state index contributed by atoms with van der Waals surface area (Å²) in [6.45, 7) is 2.02. The second-order valence-electron chi connectivity index (χ2n) is 4.66. The van der Waals surface area contributed by atoms with Gasteiger partial charge in [0, 0.05) is 17.3 Å². The van der Waals surface area contributed by atoms with E-state index < -0.39 is 0 Å². The lowest BCUT2D eigenvalue weighted by atomic mass is 10.1. The molecule has 3 rings (SSSR count). The van der Waals surface area contributed by atoms with E-state index in [1.807, 2.05) is 43.5 Å². The maximum absolute atomic E-state index is 5.27. The van der Waals surface area contributed by atoms with Crippen molar-refractivity contribution in [2.45, 2.75) is 6.92 Å². The van der Waals surface area contributed by atoms with E-state index in [0.29, 0.717) is 5.82 Å². The van der Waals surface area contributed by atoms with Gasteiger partial charge in [-0.1, -0.05) is 0 Å². The molecule has 2 heterocycles. The minimum atomic E-state index is 0.661. The summed E-state index contributed by atoms with van der Waals surface area (Å²) < 4.78 is 11.9. The molecule has 1 aromatic carbocycles. The zero-order valence-corrected chi connectivity index (χ0v) is 11.9. The minimum absolute atomic E-state index is 0.661. The number of furan rings is 1. The molecule has 0 saturated heterocycles. The summed E-state index contributed by atoms with van der Waals surface area (Å²) in [6, 6.07) is 7.80. The zero-order valence-electron chi connectivity index (χ0n) is 11.9. The van der Waals surface area contributed by atoms with E-state index in [-0.39, 0.29) is 0 Å². The van der Waals surface area contributed by atoms with Crippen molar-refractivity contribution in [1.82, 2.24) is 14.8 Å². The van der Waals surface area contributed by atoms with Crippen molar-refractivity contribution in [3.63, 3.8) is 0 Å². The second kappa shape index (κ2) is 5.66. The van der Waals surface area contributed by atoms with Crippen molar-refractivity contribution in [3.05, 3.63) is 54.2 Å². The summed E-state index contributed by atoms with van der Waals surface area (Å²) in [5, 5.41) is 4.43. The molecule has 0 aliphatic carbocycles. The van der Waals surface area contributed by atoms with E-state index in [4.69, 9.17) is 9.15 Å². The van der Waals surface area contributed by atoms with E-state index in [9.17, 15) is 0 Å². The van der Waals surface area contributed by atoms with E-state index in [2.05, 4.69) is 10.1 Å².